The summed E-state index contributed by atoms with van der Waals surface area (Å²) < 4.78 is 27.4. The van der Waals surface area contributed by atoms with Gasteiger partial charge in [-0.3, -0.25) is 9.59 Å². The summed E-state index contributed by atoms with van der Waals surface area (Å²) in [5.41, 5.74) is 1.11. The molecule has 0 aromatic heterocycles. The summed E-state index contributed by atoms with van der Waals surface area (Å²) in [5, 5.41) is 9.41. The fourth-order valence-corrected chi connectivity index (χ4v) is 5.58. The van der Waals surface area contributed by atoms with E-state index < -0.39 is 27.8 Å². The molecule has 2 unspecified atom stereocenters. The Morgan fingerprint density at radius 1 is 1.00 bits per heavy atom. The maximum Gasteiger partial charge on any atom is 0.307 e. The first kappa shape index (κ1) is 22.5. The molecule has 1 N–H and O–H groups in total. The van der Waals surface area contributed by atoms with Crippen molar-refractivity contribution in [3.63, 3.8) is 0 Å². The summed E-state index contributed by atoms with van der Waals surface area (Å²) in [6, 6.07) is 7.01. The van der Waals surface area contributed by atoms with E-state index in [9.17, 15) is 23.1 Å². The van der Waals surface area contributed by atoms with Crippen molar-refractivity contribution in [2.45, 2.75) is 38.0 Å². The van der Waals surface area contributed by atoms with E-state index in [4.69, 9.17) is 0 Å². The lowest BCUT2D eigenvalue weighted by molar-refractivity contribution is -0.151. The molecule has 164 valence electrons. The Labute approximate surface area is 178 Å². The highest BCUT2D eigenvalue weighted by Gasteiger charge is 2.38. The third-order valence-corrected chi connectivity index (χ3v) is 7.74. The number of sulfonamides is 1. The van der Waals surface area contributed by atoms with Crippen molar-refractivity contribution in [3.05, 3.63) is 42.0 Å². The minimum atomic E-state index is -3.62. The molecular weight excluding hydrogens is 404 g/mol. The summed E-state index contributed by atoms with van der Waals surface area (Å²) in [5.74, 6) is -1.95. The van der Waals surface area contributed by atoms with Crippen molar-refractivity contribution in [1.82, 2.24) is 9.21 Å². The highest BCUT2D eigenvalue weighted by Crippen LogP contribution is 2.28. The van der Waals surface area contributed by atoms with Gasteiger partial charge >= 0.3 is 5.97 Å². The third kappa shape index (κ3) is 4.92. The van der Waals surface area contributed by atoms with Crippen LogP contribution in [0.5, 0.6) is 0 Å². The molecule has 3 rings (SSSR count). The van der Waals surface area contributed by atoms with Crippen LogP contribution in [0.4, 0.5) is 0 Å². The Kier molecular flexibility index (Phi) is 6.98. The minimum absolute atomic E-state index is 0.193. The molecule has 2 atom stereocenters. The number of hydrogen-bond acceptors (Lipinski definition) is 4. The fraction of sp³-hybridized carbons (Fsp3) is 0.545. The average molecular weight is 435 g/mol. The van der Waals surface area contributed by atoms with Gasteiger partial charge in [0.15, 0.2) is 0 Å². The predicted octanol–water partition coefficient (Wildman–Crippen LogP) is 2.39. The zero-order valence-corrected chi connectivity index (χ0v) is 18.3. The Morgan fingerprint density at radius 3 is 2.10 bits per heavy atom. The number of amides is 1. The second-order valence-corrected chi connectivity index (χ2v) is 10.4. The Hall–Kier alpha value is -2.19. The van der Waals surface area contributed by atoms with Gasteiger partial charge < -0.3 is 10.0 Å². The SMILES string of the molecule is CC(C)Cc1ccc(S(=O)(=O)N2CCN(C(=O)C3CC=CCC3C(=O)O)CC2)cc1. The Bertz CT molecular complexity index is 900. The second kappa shape index (κ2) is 9.31. The molecule has 1 aliphatic heterocycles. The molecule has 1 aromatic carbocycles. The molecule has 8 heteroatoms. The number of piperazine rings is 1. The van der Waals surface area contributed by atoms with E-state index in [2.05, 4.69) is 13.8 Å². The number of rotatable bonds is 6. The molecule has 7 nitrogen and oxygen atoms in total. The summed E-state index contributed by atoms with van der Waals surface area (Å²) in [6.45, 7) is 5.21. The summed E-state index contributed by atoms with van der Waals surface area (Å²) in [7, 11) is -3.62. The highest BCUT2D eigenvalue weighted by atomic mass is 32.2. The minimum Gasteiger partial charge on any atom is -0.481 e. The molecule has 0 bridgehead atoms. The van der Waals surface area contributed by atoms with E-state index in [1.54, 1.807) is 23.1 Å². The van der Waals surface area contributed by atoms with Gasteiger partial charge in [0.1, 0.15) is 0 Å². The van der Waals surface area contributed by atoms with Gasteiger partial charge in [-0.05, 0) is 42.9 Å². The van der Waals surface area contributed by atoms with Crippen molar-refractivity contribution >= 4 is 21.9 Å². The Morgan fingerprint density at radius 2 is 1.57 bits per heavy atom. The standard InChI is InChI=1S/C22H30N2O5S/c1-16(2)15-17-7-9-18(10-8-17)30(28,29)24-13-11-23(12-14-24)21(25)19-5-3-4-6-20(19)22(26)27/h3-4,7-10,16,19-20H,5-6,11-15H2,1-2H3,(H,26,27). The van der Waals surface area contributed by atoms with E-state index in [0.717, 1.165) is 12.0 Å². The normalized spacial score (nSPS) is 23.0. The smallest absolute Gasteiger partial charge is 0.307 e. The van der Waals surface area contributed by atoms with E-state index in [0.29, 0.717) is 18.8 Å². The van der Waals surface area contributed by atoms with Gasteiger partial charge in [0, 0.05) is 26.2 Å². The lowest BCUT2D eigenvalue weighted by Crippen LogP contribution is -2.53. The molecule has 30 heavy (non-hydrogen) atoms. The predicted molar refractivity (Wildman–Crippen MR) is 113 cm³/mol. The number of hydrogen-bond donors (Lipinski definition) is 1. The lowest BCUT2D eigenvalue weighted by Gasteiger charge is -2.37. The van der Waals surface area contributed by atoms with Gasteiger partial charge in [0.05, 0.1) is 16.7 Å². The maximum absolute atomic E-state index is 13.0. The van der Waals surface area contributed by atoms with Crippen LogP contribution in [0.25, 0.3) is 0 Å². The van der Waals surface area contributed by atoms with Crippen LogP contribution in [0.2, 0.25) is 0 Å². The number of carboxylic acid groups (broad SMARTS) is 1. The molecule has 1 heterocycles. The lowest BCUT2D eigenvalue weighted by atomic mass is 9.82. The van der Waals surface area contributed by atoms with Gasteiger partial charge in [-0.25, -0.2) is 8.42 Å². The molecular formula is C22H30N2O5S. The van der Waals surface area contributed by atoms with Crippen molar-refractivity contribution in [2.24, 2.45) is 17.8 Å². The molecule has 0 radical (unpaired) electrons. The first-order chi connectivity index (χ1) is 14.2. The van der Waals surface area contributed by atoms with E-state index in [1.165, 1.54) is 4.31 Å². The molecule has 1 aliphatic carbocycles. The van der Waals surface area contributed by atoms with Crippen LogP contribution >= 0.6 is 0 Å². The van der Waals surface area contributed by atoms with Crippen molar-refractivity contribution < 1.29 is 23.1 Å². The Balaban J connectivity index is 1.63. The van der Waals surface area contributed by atoms with Gasteiger partial charge in [0.25, 0.3) is 0 Å². The van der Waals surface area contributed by atoms with Crippen LogP contribution in [0, 0.1) is 17.8 Å². The number of carbonyl (C=O) groups excluding carboxylic acids is 1. The van der Waals surface area contributed by atoms with E-state index in [-0.39, 0.29) is 37.0 Å². The number of benzene rings is 1. The van der Waals surface area contributed by atoms with Crippen molar-refractivity contribution in [2.75, 3.05) is 26.2 Å². The maximum atomic E-state index is 13.0. The first-order valence-corrected chi connectivity index (χ1v) is 11.9. The monoisotopic (exact) mass is 434 g/mol. The molecule has 0 spiro atoms. The van der Waals surface area contributed by atoms with Gasteiger partial charge in [0.2, 0.25) is 15.9 Å². The number of allylic oxidation sites excluding steroid dienone is 2. The van der Waals surface area contributed by atoms with Gasteiger partial charge in [-0.2, -0.15) is 4.31 Å². The summed E-state index contributed by atoms with van der Waals surface area (Å²) in [4.78, 5) is 26.2. The van der Waals surface area contributed by atoms with Crippen molar-refractivity contribution in [3.8, 4) is 0 Å². The molecule has 1 saturated heterocycles. The number of nitrogens with zero attached hydrogens (tertiary/aromatic N) is 2. The van der Waals surface area contributed by atoms with Gasteiger partial charge in [-0.1, -0.05) is 38.1 Å². The highest BCUT2D eigenvalue weighted by molar-refractivity contribution is 7.89. The number of carbonyl (C=O) groups is 2. The zero-order chi connectivity index (χ0) is 21.9. The summed E-state index contributed by atoms with van der Waals surface area (Å²) >= 11 is 0. The van der Waals surface area contributed by atoms with Crippen LogP contribution < -0.4 is 0 Å². The molecule has 0 saturated carbocycles. The quantitative estimate of drug-likeness (QED) is 0.694. The van der Waals surface area contributed by atoms with Crippen LogP contribution in [0.3, 0.4) is 0 Å². The van der Waals surface area contributed by atoms with Crippen LogP contribution in [0.15, 0.2) is 41.3 Å². The average Bonchev–Trinajstić information content (AvgIpc) is 2.73. The third-order valence-electron chi connectivity index (χ3n) is 5.82. The molecule has 1 aromatic rings. The largest absolute Gasteiger partial charge is 0.481 e. The van der Waals surface area contributed by atoms with Crippen LogP contribution in [-0.4, -0.2) is 60.8 Å². The number of aliphatic carboxylic acids is 1. The van der Waals surface area contributed by atoms with E-state index in [1.807, 2.05) is 18.2 Å². The van der Waals surface area contributed by atoms with E-state index >= 15 is 0 Å². The zero-order valence-electron chi connectivity index (χ0n) is 17.5. The number of carboxylic acids is 1. The fourth-order valence-electron chi connectivity index (χ4n) is 4.16. The summed E-state index contributed by atoms with van der Waals surface area (Å²) in [6.07, 6.45) is 5.32. The molecule has 1 amide bonds. The molecule has 2 aliphatic rings. The van der Waals surface area contributed by atoms with Crippen molar-refractivity contribution in [1.29, 1.82) is 0 Å². The van der Waals surface area contributed by atoms with Crippen LogP contribution in [0.1, 0.15) is 32.3 Å². The van der Waals surface area contributed by atoms with Gasteiger partial charge in [-0.15, -0.1) is 0 Å². The topological polar surface area (TPSA) is 95.0 Å². The second-order valence-electron chi connectivity index (χ2n) is 8.47. The molecule has 1 fully saturated rings. The first-order valence-electron chi connectivity index (χ1n) is 10.5. The van der Waals surface area contributed by atoms with Crippen LogP contribution in [-0.2, 0) is 26.0 Å².